The number of halogens is 1. The molecule has 5 unspecified atom stereocenters. The van der Waals surface area contributed by atoms with Crippen LogP contribution in [0.3, 0.4) is 0 Å². The molecule has 2 N–H and O–H groups in total. The predicted octanol–water partition coefficient (Wildman–Crippen LogP) is 8.15. The number of carbonyl (C=O) groups is 1. The van der Waals surface area contributed by atoms with Crippen LogP contribution in [-0.2, 0) is 17.4 Å². The van der Waals surface area contributed by atoms with E-state index in [0.29, 0.717) is 29.9 Å². The summed E-state index contributed by atoms with van der Waals surface area (Å²) in [6.45, 7) is 16.0. The SMILES string of the molecule is CC/C=C/C(CN1CCCCCCNCC1)C1CCC1CN1CC(c2ccc(Cl)cc2CCC)COc2ccc(C(=O)NS(=O)C(C)C)cc21. The van der Waals surface area contributed by atoms with Crippen LogP contribution in [0.1, 0.15) is 106 Å². The number of anilines is 1. The number of ether oxygens (including phenoxy) is 1. The largest absolute Gasteiger partial charge is 0.491 e. The van der Waals surface area contributed by atoms with Crippen molar-refractivity contribution in [3.8, 4) is 5.75 Å². The van der Waals surface area contributed by atoms with Crippen molar-refractivity contribution in [2.75, 3.05) is 57.3 Å². The number of nitrogens with zero attached hydrogens (tertiary/aromatic N) is 2. The van der Waals surface area contributed by atoms with Gasteiger partial charge in [0.2, 0.25) is 0 Å². The van der Waals surface area contributed by atoms with E-state index in [4.69, 9.17) is 16.3 Å². The summed E-state index contributed by atoms with van der Waals surface area (Å²) in [7, 11) is -1.45. The summed E-state index contributed by atoms with van der Waals surface area (Å²) in [5.74, 6) is 2.31. The highest BCUT2D eigenvalue weighted by molar-refractivity contribution is 7.84. The molecule has 2 aromatic carbocycles. The van der Waals surface area contributed by atoms with Crippen LogP contribution in [0.15, 0.2) is 48.6 Å². The molecular weight excluding hydrogens is 664 g/mol. The van der Waals surface area contributed by atoms with Crippen LogP contribution in [0.4, 0.5) is 5.69 Å². The van der Waals surface area contributed by atoms with Gasteiger partial charge < -0.3 is 19.9 Å². The maximum absolute atomic E-state index is 13.3. The van der Waals surface area contributed by atoms with E-state index < -0.39 is 11.0 Å². The van der Waals surface area contributed by atoms with Crippen LogP contribution in [-0.4, -0.2) is 72.7 Å². The fourth-order valence-electron chi connectivity index (χ4n) is 7.93. The number of hydrogen-bond donors (Lipinski definition) is 2. The molecule has 2 heterocycles. The van der Waals surface area contributed by atoms with Gasteiger partial charge >= 0.3 is 0 Å². The molecule has 1 saturated carbocycles. The molecule has 9 heteroatoms. The predicted molar refractivity (Wildman–Crippen MR) is 210 cm³/mol. The minimum atomic E-state index is -1.45. The molecule has 1 aliphatic carbocycles. The minimum Gasteiger partial charge on any atom is -0.491 e. The summed E-state index contributed by atoms with van der Waals surface area (Å²) >= 11 is 6.49. The molecule has 5 atom stereocenters. The summed E-state index contributed by atoms with van der Waals surface area (Å²) in [5, 5.41) is 4.28. The molecule has 7 nitrogen and oxygen atoms in total. The van der Waals surface area contributed by atoms with E-state index in [2.05, 4.69) is 58.0 Å². The number of benzene rings is 2. The van der Waals surface area contributed by atoms with E-state index >= 15 is 0 Å². The van der Waals surface area contributed by atoms with Gasteiger partial charge in [-0.25, -0.2) is 4.21 Å². The molecule has 276 valence electrons. The quantitative estimate of drug-likeness (QED) is 0.203. The molecule has 0 aromatic heterocycles. The molecule has 2 aromatic rings. The van der Waals surface area contributed by atoms with E-state index in [1.54, 1.807) is 6.07 Å². The lowest BCUT2D eigenvalue weighted by atomic mass is 9.66. The van der Waals surface area contributed by atoms with Gasteiger partial charge in [0.1, 0.15) is 16.7 Å². The van der Waals surface area contributed by atoms with Gasteiger partial charge in [-0.15, -0.1) is 0 Å². The number of allylic oxidation sites excluding steroid dienone is 1. The molecule has 0 radical (unpaired) electrons. The first kappa shape index (κ1) is 38.8. The molecule has 1 saturated heterocycles. The summed E-state index contributed by atoms with van der Waals surface area (Å²) in [5.41, 5.74) is 4.05. The van der Waals surface area contributed by atoms with Gasteiger partial charge in [0, 0.05) is 54.5 Å². The Labute approximate surface area is 309 Å². The van der Waals surface area contributed by atoms with Crippen molar-refractivity contribution in [3.63, 3.8) is 0 Å². The van der Waals surface area contributed by atoms with Crippen molar-refractivity contribution < 1.29 is 13.7 Å². The topological polar surface area (TPSA) is 73.9 Å². The second-order valence-electron chi connectivity index (χ2n) is 14.9. The van der Waals surface area contributed by atoms with Crippen molar-refractivity contribution in [3.05, 3.63) is 70.3 Å². The standard InChI is InChI=1S/C41H61ClN4O3S/c1-5-7-13-33(26-45-22-11-9-8-10-20-43-21-23-45)38-17-14-34(38)27-46-28-35(37-18-16-36(42)24-31(37)12-6-2)29-49-40-19-15-32(25-39(40)46)41(47)44-50(48)30(3)4/h7,13,15-16,18-19,24-25,30,33-35,38,43H,5-6,8-12,14,17,20-23,26-29H2,1-4H3,(H,44,47)/b13-7+. The van der Waals surface area contributed by atoms with Gasteiger partial charge in [-0.2, -0.15) is 0 Å². The second kappa shape index (κ2) is 19.4. The fourth-order valence-corrected chi connectivity index (χ4v) is 8.67. The normalized spacial score (nSPS) is 23.4. The van der Waals surface area contributed by atoms with Gasteiger partial charge in [-0.05, 0) is 125 Å². The monoisotopic (exact) mass is 724 g/mol. The average molecular weight is 725 g/mol. The average Bonchev–Trinajstić information content (AvgIpc) is 3.27. The molecule has 3 aliphatic rings. The van der Waals surface area contributed by atoms with Crippen LogP contribution >= 0.6 is 11.6 Å². The minimum absolute atomic E-state index is 0.155. The van der Waals surface area contributed by atoms with Gasteiger partial charge in [0.05, 0.1) is 12.3 Å². The molecule has 5 rings (SSSR count). The Balaban J connectivity index is 1.42. The third kappa shape index (κ3) is 10.6. The highest BCUT2D eigenvalue weighted by Crippen LogP contribution is 2.44. The zero-order chi connectivity index (χ0) is 35.5. The third-order valence-electron chi connectivity index (χ3n) is 10.9. The molecule has 50 heavy (non-hydrogen) atoms. The van der Waals surface area contributed by atoms with E-state index in [1.807, 2.05) is 32.0 Å². The fraction of sp³-hybridized carbons (Fsp3) is 0.634. The Morgan fingerprint density at radius 3 is 2.68 bits per heavy atom. The lowest BCUT2D eigenvalue weighted by Crippen LogP contribution is -2.46. The van der Waals surface area contributed by atoms with E-state index in [0.717, 1.165) is 75.0 Å². The van der Waals surface area contributed by atoms with E-state index in [1.165, 1.54) is 56.2 Å². The molecular formula is C41H61ClN4O3S. The Hall–Kier alpha value is -2.39. The molecule has 2 aliphatic heterocycles. The Morgan fingerprint density at radius 2 is 1.92 bits per heavy atom. The lowest BCUT2D eigenvalue weighted by Gasteiger charge is -2.45. The zero-order valence-corrected chi connectivity index (χ0v) is 32.5. The molecule has 2 fully saturated rings. The summed E-state index contributed by atoms with van der Waals surface area (Å²) < 4.78 is 21.8. The van der Waals surface area contributed by atoms with Crippen molar-refractivity contribution in [1.82, 2.24) is 14.9 Å². The first-order valence-electron chi connectivity index (χ1n) is 19.4. The summed E-state index contributed by atoms with van der Waals surface area (Å²) in [6, 6.07) is 12.0. The Morgan fingerprint density at radius 1 is 1.08 bits per heavy atom. The lowest BCUT2D eigenvalue weighted by molar-refractivity contribution is 0.0982. The second-order valence-corrected chi connectivity index (χ2v) is 17.1. The summed E-state index contributed by atoms with van der Waals surface area (Å²) in [4.78, 5) is 18.5. The number of aryl methyl sites for hydroxylation is 1. The van der Waals surface area contributed by atoms with Gasteiger partial charge in [0.15, 0.2) is 0 Å². The first-order valence-corrected chi connectivity index (χ1v) is 21.0. The maximum Gasteiger partial charge on any atom is 0.263 e. The van der Waals surface area contributed by atoms with Crippen molar-refractivity contribution >= 4 is 34.2 Å². The molecule has 1 amide bonds. The van der Waals surface area contributed by atoms with Crippen LogP contribution in [0.25, 0.3) is 0 Å². The molecule has 0 bridgehead atoms. The van der Waals surface area contributed by atoms with E-state index in [-0.39, 0.29) is 17.1 Å². The maximum atomic E-state index is 13.3. The van der Waals surface area contributed by atoms with Gasteiger partial charge in [-0.3, -0.25) is 9.52 Å². The highest BCUT2D eigenvalue weighted by atomic mass is 35.5. The molecule has 0 spiro atoms. The number of carbonyl (C=O) groups excluding carboxylic acids is 1. The number of nitrogens with one attached hydrogen (secondary N) is 2. The van der Waals surface area contributed by atoms with Crippen molar-refractivity contribution in [1.29, 1.82) is 0 Å². The van der Waals surface area contributed by atoms with Gasteiger partial charge in [0.25, 0.3) is 5.91 Å². The number of hydrogen-bond acceptors (Lipinski definition) is 6. The van der Waals surface area contributed by atoms with Gasteiger partial charge in [-0.1, -0.05) is 62.9 Å². The summed E-state index contributed by atoms with van der Waals surface area (Å²) in [6.07, 6.45) is 15.6. The van der Waals surface area contributed by atoms with E-state index in [9.17, 15) is 9.00 Å². The number of rotatable bonds is 13. The van der Waals surface area contributed by atoms with Crippen molar-refractivity contribution in [2.45, 2.75) is 96.7 Å². The smallest absolute Gasteiger partial charge is 0.263 e. The van der Waals surface area contributed by atoms with Crippen LogP contribution in [0.2, 0.25) is 5.02 Å². The zero-order valence-electron chi connectivity index (χ0n) is 30.9. The first-order chi connectivity index (χ1) is 24.3. The highest BCUT2D eigenvalue weighted by Gasteiger charge is 2.39. The van der Waals surface area contributed by atoms with Crippen LogP contribution in [0, 0.1) is 17.8 Å². The number of fused-ring (bicyclic) bond motifs is 1. The van der Waals surface area contributed by atoms with Crippen LogP contribution in [0.5, 0.6) is 5.75 Å². The van der Waals surface area contributed by atoms with Crippen LogP contribution < -0.4 is 19.7 Å². The number of amides is 1. The Kier molecular flexibility index (Phi) is 15.1. The third-order valence-corrected chi connectivity index (χ3v) is 12.4. The Bertz CT molecular complexity index is 1440. The van der Waals surface area contributed by atoms with Crippen molar-refractivity contribution in [2.24, 2.45) is 17.8 Å².